The fraction of sp³-hybridized carbons (Fsp3) is 0.400. The highest BCUT2D eigenvalue weighted by molar-refractivity contribution is 6.33. The lowest BCUT2D eigenvalue weighted by atomic mass is 9.93. The number of hydrogen-bond donors (Lipinski definition) is 2. The van der Waals surface area contributed by atoms with E-state index >= 15 is 0 Å². The van der Waals surface area contributed by atoms with Gasteiger partial charge in [-0.25, -0.2) is 4.39 Å². The molecule has 0 fully saturated rings. The first-order valence-corrected chi connectivity index (χ1v) is 5.70. The van der Waals surface area contributed by atoms with Gasteiger partial charge in [0.15, 0.2) is 0 Å². The highest BCUT2D eigenvalue weighted by Gasteiger charge is 2.68. The van der Waals surface area contributed by atoms with Crippen molar-refractivity contribution in [3.05, 3.63) is 29.1 Å². The molecule has 0 amide bonds. The molecule has 1 aromatic carbocycles. The summed E-state index contributed by atoms with van der Waals surface area (Å²) in [5.41, 5.74) is -6.60. The van der Waals surface area contributed by atoms with Crippen LogP contribution < -0.4 is 4.65 Å². The lowest BCUT2D eigenvalue weighted by Crippen LogP contribution is -2.41. The van der Waals surface area contributed by atoms with Crippen molar-refractivity contribution in [1.82, 2.24) is 0 Å². The van der Waals surface area contributed by atoms with Crippen LogP contribution in [-0.4, -0.2) is 29.7 Å². The largest absolute Gasteiger partial charge is 0.707 e. The summed E-state index contributed by atoms with van der Waals surface area (Å²) in [5, 5.41) is 16.9. The number of hydrogen-bond acceptors (Lipinski definition) is 3. The number of halogens is 11. The second kappa shape index (κ2) is 6.19. The molecule has 0 bridgehead atoms. The molecule has 0 atom stereocenters. The fourth-order valence-electron chi connectivity index (χ4n) is 1.67. The first kappa shape index (κ1) is 21.3. The van der Waals surface area contributed by atoms with Gasteiger partial charge in [0, 0.05) is 0 Å². The van der Waals surface area contributed by atoms with Crippen molar-refractivity contribution in [2.24, 2.45) is 0 Å². The summed E-state index contributed by atoms with van der Waals surface area (Å²) in [6.07, 6.45) is -13.5. The van der Waals surface area contributed by atoms with Crippen molar-refractivity contribution in [3.63, 3.8) is 0 Å². The highest BCUT2D eigenvalue weighted by Crippen LogP contribution is 2.55. The van der Waals surface area contributed by atoms with Gasteiger partial charge in [-0.05, 0) is 12.1 Å². The second-order valence-corrected chi connectivity index (χ2v) is 4.38. The van der Waals surface area contributed by atoms with Crippen molar-refractivity contribution in [2.75, 3.05) is 0 Å². The minimum atomic E-state index is -6.75. The summed E-state index contributed by atoms with van der Waals surface area (Å²) in [6.45, 7) is 0. The standard InChI is InChI=1S/C10H4BF11O3/c12-3-1-2-4(25-11(23)24)6(8(15,16)10(20,21)22)5(3)7(13,14)9(17,18)19/h1-2,23-24H. The molecule has 0 spiro atoms. The molecule has 0 aromatic heterocycles. The molecule has 0 saturated carbocycles. The first-order valence-electron chi connectivity index (χ1n) is 5.70. The molecule has 15 heteroatoms. The smallest absolute Gasteiger partial charge is 0.512 e. The maximum atomic E-state index is 13.5. The van der Waals surface area contributed by atoms with E-state index in [-0.39, 0.29) is 12.1 Å². The zero-order valence-corrected chi connectivity index (χ0v) is 11.2. The van der Waals surface area contributed by atoms with Gasteiger partial charge in [-0.3, -0.25) is 0 Å². The highest BCUT2D eigenvalue weighted by atomic mass is 19.4. The number of rotatable bonds is 4. The van der Waals surface area contributed by atoms with E-state index in [4.69, 9.17) is 10.0 Å². The van der Waals surface area contributed by atoms with Crippen LogP contribution in [0.15, 0.2) is 12.1 Å². The molecule has 142 valence electrons. The van der Waals surface area contributed by atoms with Gasteiger partial charge < -0.3 is 14.7 Å². The molecule has 25 heavy (non-hydrogen) atoms. The predicted octanol–water partition coefficient (Wildman–Crippen LogP) is 3.48. The lowest BCUT2D eigenvalue weighted by molar-refractivity contribution is -0.302. The SMILES string of the molecule is OB(O)Oc1ccc(F)c(C(F)(F)C(F)(F)F)c1C(F)(F)C(F)(F)F. The number of alkyl halides is 10. The van der Waals surface area contributed by atoms with Gasteiger partial charge in [-0.15, -0.1) is 0 Å². The molecule has 0 aliphatic carbocycles. The van der Waals surface area contributed by atoms with Gasteiger partial charge >= 0.3 is 31.5 Å². The third kappa shape index (κ3) is 3.76. The molecule has 1 aromatic rings. The molecule has 0 unspecified atom stereocenters. The van der Waals surface area contributed by atoms with E-state index in [0.29, 0.717) is 0 Å². The van der Waals surface area contributed by atoms with Crippen LogP contribution >= 0.6 is 0 Å². The minimum Gasteiger partial charge on any atom is -0.512 e. The van der Waals surface area contributed by atoms with E-state index in [0.717, 1.165) is 0 Å². The summed E-state index contributed by atoms with van der Waals surface area (Å²) in [4.78, 5) is 0. The van der Waals surface area contributed by atoms with Crippen molar-refractivity contribution in [1.29, 1.82) is 0 Å². The molecule has 0 aliphatic heterocycles. The Morgan fingerprint density at radius 1 is 0.720 bits per heavy atom. The molecule has 0 heterocycles. The van der Waals surface area contributed by atoms with E-state index in [1.807, 2.05) is 0 Å². The van der Waals surface area contributed by atoms with Gasteiger partial charge in [0.2, 0.25) is 0 Å². The molecule has 1 rings (SSSR count). The predicted molar refractivity (Wildman–Crippen MR) is 57.1 cm³/mol. The normalized spacial score (nSPS) is 13.8. The summed E-state index contributed by atoms with van der Waals surface area (Å²) in [7, 11) is -3.18. The molecule has 0 aliphatic rings. The van der Waals surface area contributed by atoms with Gasteiger partial charge in [0.1, 0.15) is 11.6 Å². The first-order chi connectivity index (χ1) is 10.9. The van der Waals surface area contributed by atoms with Crippen LogP contribution in [0.2, 0.25) is 0 Å². The van der Waals surface area contributed by atoms with Gasteiger partial charge in [0.25, 0.3) is 0 Å². The van der Waals surface area contributed by atoms with Crippen LogP contribution in [-0.2, 0) is 11.8 Å². The average molecular weight is 392 g/mol. The summed E-state index contributed by atoms with van der Waals surface area (Å²) < 4.78 is 145. The van der Waals surface area contributed by atoms with Crippen molar-refractivity contribution >= 4 is 7.32 Å². The Hall–Kier alpha value is -1.77. The second-order valence-electron chi connectivity index (χ2n) is 4.38. The summed E-state index contributed by atoms with van der Waals surface area (Å²) in [5.74, 6) is -17.8. The lowest BCUT2D eigenvalue weighted by Gasteiger charge is -2.29. The Balaban J connectivity index is 3.96. The monoisotopic (exact) mass is 392 g/mol. The molecule has 3 nitrogen and oxygen atoms in total. The Bertz CT molecular complexity index is 638. The van der Waals surface area contributed by atoms with Crippen LogP contribution in [0.1, 0.15) is 11.1 Å². The quantitative estimate of drug-likeness (QED) is 0.610. The maximum Gasteiger partial charge on any atom is 0.707 e. The van der Waals surface area contributed by atoms with Crippen molar-refractivity contribution in [2.45, 2.75) is 24.2 Å². The maximum absolute atomic E-state index is 13.5. The van der Waals surface area contributed by atoms with Crippen LogP contribution in [0.4, 0.5) is 48.3 Å². The van der Waals surface area contributed by atoms with Gasteiger partial charge in [0.05, 0.1) is 11.1 Å². The summed E-state index contributed by atoms with van der Waals surface area (Å²) >= 11 is 0. The van der Waals surface area contributed by atoms with Crippen LogP contribution in [0.3, 0.4) is 0 Å². The molecule has 0 radical (unpaired) electrons. The van der Waals surface area contributed by atoms with E-state index in [2.05, 4.69) is 4.65 Å². The van der Waals surface area contributed by atoms with E-state index in [1.54, 1.807) is 0 Å². The van der Waals surface area contributed by atoms with E-state index in [1.165, 1.54) is 0 Å². The van der Waals surface area contributed by atoms with Crippen LogP contribution in [0.5, 0.6) is 5.75 Å². The zero-order valence-electron chi connectivity index (χ0n) is 11.2. The van der Waals surface area contributed by atoms with Crippen LogP contribution in [0.25, 0.3) is 0 Å². The Morgan fingerprint density at radius 3 is 1.48 bits per heavy atom. The zero-order chi connectivity index (χ0) is 20.0. The molecule has 0 saturated heterocycles. The third-order valence-electron chi connectivity index (χ3n) is 2.69. The molecule has 2 N–H and O–H groups in total. The topological polar surface area (TPSA) is 49.7 Å². The van der Waals surface area contributed by atoms with E-state index in [9.17, 15) is 48.3 Å². The Labute approximate surface area is 130 Å². The van der Waals surface area contributed by atoms with Crippen molar-refractivity contribution < 1.29 is 63.0 Å². The summed E-state index contributed by atoms with van der Waals surface area (Å²) in [6, 6.07) is -0.525. The van der Waals surface area contributed by atoms with Gasteiger partial charge in [-0.1, -0.05) is 0 Å². The third-order valence-corrected chi connectivity index (χ3v) is 2.69. The molecular formula is C10H4BF11O3. The Kier molecular flexibility index (Phi) is 5.27. The average Bonchev–Trinajstić information content (AvgIpc) is 2.36. The van der Waals surface area contributed by atoms with Crippen molar-refractivity contribution in [3.8, 4) is 5.75 Å². The molecular weight excluding hydrogens is 388 g/mol. The number of benzene rings is 1. The Morgan fingerprint density at radius 2 is 1.12 bits per heavy atom. The minimum absolute atomic E-state index is 0.195. The van der Waals surface area contributed by atoms with Gasteiger partial charge in [-0.2, -0.15) is 43.9 Å². The van der Waals surface area contributed by atoms with E-state index < -0.39 is 54.2 Å². The fourth-order valence-corrected chi connectivity index (χ4v) is 1.67. The van der Waals surface area contributed by atoms with Crippen LogP contribution in [0, 0.1) is 5.82 Å².